The molecule has 1 aromatic carbocycles. The first-order valence-electron chi connectivity index (χ1n) is 6.37. The van der Waals surface area contributed by atoms with Gasteiger partial charge >= 0.3 is 0 Å². The number of amides is 1. The summed E-state index contributed by atoms with van der Waals surface area (Å²) in [5.74, 6) is 5.24. The van der Waals surface area contributed by atoms with Crippen LogP contribution in [0.15, 0.2) is 24.3 Å². The van der Waals surface area contributed by atoms with Crippen molar-refractivity contribution < 1.29 is 4.79 Å². The summed E-state index contributed by atoms with van der Waals surface area (Å²) in [5.41, 5.74) is 6.66. The van der Waals surface area contributed by atoms with E-state index in [2.05, 4.69) is 15.8 Å². The van der Waals surface area contributed by atoms with E-state index in [-0.39, 0.29) is 5.91 Å². The number of nitrogens with one attached hydrogen (secondary N) is 2. The van der Waals surface area contributed by atoms with Crippen molar-refractivity contribution in [2.75, 3.05) is 5.43 Å². The number of carbonyl (C=O) groups is 1. The number of hydrogen-bond acceptors (Lipinski definition) is 4. The number of nitrogen functional groups attached to an aromatic ring is 1. The predicted molar refractivity (Wildman–Crippen MR) is 78.1 cm³/mol. The van der Waals surface area contributed by atoms with Crippen molar-refractivity contribution in [1.82, 2.24) is 15.1 Å². The molecule has 0 radical (unpaired) electrons. The van der Waals surface area contributed by atoms with Crippen molar-refractivity contribution in [3.8, 4) is 0 Å². The summed E-state index contributed by atoms with van der Waals surface area (Å²) in [6.07, 6.45) is 0. The molecule has 0 atom stereocenters. The maximum absolute atomic E-state index is 12.2. The summed E-state index contributed by atoms with van der Waals surface area (Å²) in [7, 11) is 1.89. The number of aromatic nitrogens is 2. The molecule has 20 heavy (non-hydrogen) atoms. The lowest BCUT2D eigenvalue weighted by Crippen LogP contribution is -2.25. The second-order valence-corrected chi connectivity index (χ2v) is 4.65. The summed E-state index contributed by atoms with van der Waals surface area (Å²) in [5, 5.41) is 7.23. The van der Waals surface area contributed by atoms with Crippen molar-refractivity contribution in [3.05, 3.63) is 46.8 Å². The van der Waals surface area contributed by atoms with Crippen LogP contribution in [0, 0.1) is 13.8 Å². The van der Waals surface area contributed by atoms with E-state index in [0.717, 1.165) is 17.0 Å². The maximum Gasteiger partial charge on any atom is 0.253 e. The van der Waals surface area contributed by atoms with E-state index in [0.29, 0.717) is 17.8 Å². The van der Waals surface area contributed by atoms with Gasteiger partial charge in [-0.25, -0.2) is 0 Å². The monoisotopic (exact) mass is 273 g/mol. The molecule has 1 heterocycles. The molecule has 1 aromatic heterocycles. The normalized spacial score (nSPS) is 10.4. The first kappa shape index (κ1) is 14.1. The van der Waals surface area contributed by atoms with E-state index < -0.39 is 0 Å². The Morgan fingerprint density at radius 3 is 2.65 bits per heavy atom. The number of para-hydroxylation sites is 1. The topological polar surface area (TPSA) is 85.0 Å². The first-order chi connectivity index (χ1) is 9.54. The Labute approximate surface area is 117 Å². The van der Waals surface area contributed by atoms with Crippen molar-refractivity contribution in [2.45, 2.75) is 20.4 Å². The third-order valence-electron chi connectivity index (χ3n) is 3.41. The Bertz CT molecular complexity index is 632. The third-order valence-corrected chi connectivity index (χ3v) is 3.41. The van der Waals surface area contributed by atoms with E-state index >= 15 is 0 Å². The molecular weight excluding hydrogens is 254 g/mol. The molecule has 0 bridgehead atoms. The molecule has 6 nitrogen and oxygen atoms in total. The van der Waals surface area contributed by atoms with Crippen LogP contribution in [0.4, 0.5) is 5.69 Å². The summed E-state index contributed by atoms with van der Waals surface area (Å²) >= 11 is 0. The fourth-order valence-corrected chi connectivity index (χ4v) is 2.14. The van der Waals surface area contributed by atoms with Gasteiger partial charge in [-0.15, -0.1) is 0 Å². The van der Waals surface area contributed by atoms with Gasteiger partial charge in [0.1, 0.15) is 0 Å². The van der Waals surface area contributed by atoms with Gasteiger partial charge in [-0.3, -0.25) is 15.3 Å². The van der Waals surface area contributed by atoms with Crippen LogP contribution >= 0.6 is 0 Å². The van der Waals surface area contributed by atoms with Gasteiger partial charge in [-0.05, 0) is 26.0 Å². The van der Waals surface area contributed by atoms with Gasteiger partial charge < -0.3 is 10.7 Å². The number of nitrogens with zero attached hydrogens (tertiary/aromatic N) is 2. The van der Waals surface area contributed by atoms with Crippen LogP contribution in [0.1, 0.15) is 27.3 Å². The van der Waals surface area contributed by atoms with E-state index in [1.165, 1.54) is 0 Å². The molecule has 0 aliphatic rings. The molecule has 0 unspecified atom stereocenters. The second kappa shape index (κ2) is 5.75. The lowest BCUT2D eigenvalue weighted by Gasteiger charge is -2.09. The molecule has 4 N–H and O–H groups in total. The Morgan fingerprint density at radius 2 is 2.05 bits per heavy atom. The van der Waals surface area contributed by atoms with Crippen LogP contribution < -0.4 is 16.6 Å². The number of benzene rings is 1. The molecule has 0 saturated carbocycles. The smallest absolute Gasteiger partial charge is 0.253 e. The minimum atomic E-state index is -0.166. The fourth-order valence-electron chi connectivity index (χ4n) is 2.14. The van der Waals surface area contributed by atoms with Gasteiger partial charge in [0.25, 0.3) is 5.91 Å². The number of rotatable bonds is 4. The number of anilines is 1. The largest absolute Gasteiger partial charge is 0.348 e. The van der Waals surface area contributed by atoms with Gasteiger partial charge in [0, 0.05) is 24.8 Å². The van der Waals surface area contributed by atoms with Crippen molar-refractivity contribution in [1.29, 1.82) is 0 Å². The molecule has 1 amide bonds. The maximum atomic E-state index is 12.2. The lowest BCUT2D eigenvalue weighted by molar-refractivity contribution is 0.0951. The Morgan fingerprint density at radius 1 is 1.35 bits per heavy atom. The van der Waals surface area contributed by atoms with E-state index in [9.17, 15) is 4.79 Å². The number of aryl methyl sites for hydroxylation is 2. The van der Waals surface area contributed by atoms with Gasteiger partial charge in [-0.1, -0.05) is 12.1 Å². The van der Waals surface area contributed by atoms with Crippen LogP contribution in [0.5, 0.6) is 0 Å². The van der Waals surface area contributed by atoms with Crippen molar-refractivity contribution >= 4 is 11.6 Å². The zero-order valence-corrected chi connectivity index (χ0v) is 11.9. The zero-order valence-electron chi connectivity index (χ0n) is 11.9. The lowest BCUT2D eigenvalue weighted by atomic mass is 10.1. The highest BCUT2D eigenvalue weighted by molar-refractivity contribution is 5.99. The molecule has 0 spiro atoms. The molecular formula is C14H19N5O. The Kier molecular flexibility index (Phi) is 4.05. The Hall–Kier alpha value is -2.34. The van der Waals surface area contributed by atoms with Gasteiger partial charge in [0.2, 0.25) is 0 Å². The highest BCUT2D eigenvalue weighted by Gasteiger charge is 2.13. The summed E-state index contributed by atoms with van der Waals surface area (Å²) in [6, 6.07) is 7.11. The van der Waals surface area contributed by atoms with Crippen molar-refractivity contribution in [3.63, 3.8) is 0 Å². The molecule has 0 saturated heterocycles. The molecule has 0 fully saturated rings. The van der Waals surface area contributed by atoms with Crippen LogP contribution in [0.2, 0.25) is 0 Å². The highest BCUT2D eigenvalue weighted by atomic mass is 16.1. The van der Waals surface area contributed by atoms with Crippen LogP contribution in [-0.2, 0) is 13.6 Å². The second-order valence-electron chi connectivity index (χ2n) is 4.65. The van der Waals surface area contributed by atoms with E-state index in [1.807, 2.05) is 31.6 Å². The standard InChI is InChI=1S/C14H19N5O/c1-9-12(10(2)19(3)18-9)8-16-14(20)11-6-4-5-7-13(11)17-15/h4-7,17H,8,15H2,1-3H3,(H,16,20). The number of nitrogens with two attached hydrogens (primary N) is 1. The summed E-state index contributed by atoms with van der Waals surface area (Å²) in [6.45, 7) is 4.37. The first-order valence-corrected chi connectivity index (χ1v) is 6.37. The molecule has 0 aliphatic heterocycles. The minimum Gasteiger partial charge on any atom is -0.348 e. The molecule has 6 heteroatoms. The highest BCUT2D eigenvalue weighted by Crippen LogP contribution is 2.15. The van der Waals surface area contributed by atoms with Crippen LogP contribution in [0.3, 0.4) is 0 Å². The van der Waals surface area contributed by atoms with Crippen LogP contribution in [0.25, 0.3) is 0 Å². The third kappa shape index (κ3) is 2.65. The van der Waals surface area contributed by atoms with Gasteiger partial charge in [-0.2, -0.15) is 5.10 Å². The van der Waals surface area contributed by atoms with Gasteiger partial charge in [0.15, 0.2) is 0 Å². The summed E-state index contributed by atoms with van der Waals surface area (Å²) in [4.78, 5) is 12.2. The van der Waals surface area contributed by atoms with E-state index in [4.69, 9.17) is 5.84 Å². The molecule has 0 aliphatic carbocycles. The predicted octanol–water partition coefficient (Wildman–Crippen LogP) is 1.25. The van der Waals surface area contributed by atoms with E-state index in [1.54, 1.807) is 18.2 Å². The number of hydrazine groups is 1. The zero-order chi connectivity index (χ0) is 14.7. The number of hydrogen-bond donors (Lipinski definition) is 3. The molecule has 106 valence electrons. The number of carbonyl (C=O) groups excluding carboxylic acids is 1. The minimum absolute atomic E-state index is 0.166. The SMILES string of the molecule is Cc1nn(C)c(C)c1CNC(=O)c1ccccc1NN. The average Bonchev–Trinajstić information content (AvgIpc) is 2.70. The Balaban J connectivity index is 2.13. The van der Waals surface area contributed by atoms with Crippen LogP contribution in [-0.4, -0.2) is 15.7 Å². The van der Waals surface area contributed by atoms with Crippen molar-refractivity contribution in [2.24, 2.45) is 12.9 Å². The fraction of sp³-hybridized carbons (Fsp3) is 0.286. The molecule has 2 aromatic rings. The quantitative estimate of drug-likeness (QED) is 0.578. The molecule has 2 rings (SSSR count). The van der Waals surface area contributed by atoms with Gasteiger partial charge in [0.05, 0.1) is 16.9 Å². The summed E-state index contributed by atoms with van der Waals surface area (Å²) < 4.78 is 1.81. The average molecular weight is 273 g/mol.